The van der Waals surface area contributed by atoms with Crippen molar-refractivity contribution in [1.82, 2.24) is 4.98 Å². The number of carbonyl (C=O) groups is 2. The predicted octanol–water partition coefficient (Wildman–Crippen LogP) is 6.15. The number of hydrogen-bond acceptors (Lipinski definition) is 8. The standard InChI is InChI=1S/C28H22FN3O6S/c1-2-3-12-38-20-9-5-7-17(14-20)25(33)23-24(16-6-4-8-19(13-16)32(36)37)31(27(35)26(23)34)28-30-21-11-10-18(29)15-22(21)39-28/h4-11,13-15,24,33H,2-3,12H2,1H3/b25-23+. The smallest absolute Gasteiger partial charge is 0.301 e. The molecule has 1 unspecified atom stereocenters. The number of amides is 1. The minimum Gasteiger partial charge on any atom is -0.507 e. The molecule has 0 radical (unpaired) electrons. The number of hydrogen-bond donors (Lipinski definition) is 1. The average molecular weight is 548 g/mol. The highest BCUT2D eigenvalue weighted by Crippen LogP contribution is 2.45. The molecule has 0 aliphatic carbocycles. The fourth-order valence-electron chi connectivity index (χ4n) is 4.37. The molecule has 1 aliphatic rings. The van der Waals surface area contributed by atoms with Crippen molar-refractivity contribution < 1.29 is 28.7 Å². The lowest BCUT2D eigenvalue weighted by Crippen LogP contribution is -2.29. The lowest BCUT2D eigenvalue weighted by molar-refractivity contribution is -0.384. The molecule has 1 fully saturated rings. The van der Waals surface area contributed by atoms with Gasteiger partial charge in [-0.3, -0.25) is 24.6 Å². The topological polar surface area (TPSA) is 123 Å². The van der Waals surface area contributed by atoms with Crippen LogP contribution in [0.1, 0.15) is 36.9 Å². The third kappa shape index (κ3) is 4.96. The van der Waals surface area contributed by atoms with Gasteiger partial charge in [-0.05, 0) is 42.3 Å². The maximum Gasteiger partial charge on any atom is 0.301 e. The molecule has 1 amide bonds. The van der Waals surface area contributed by atoms with E-state index in [9.17, 15) is 29.2 Å². The Balaban J connectivity index is 1.68. The first-order chi connectivity index (χ1) is 18.8. The molecule has 1 aromatic heterocycles. The number of rotatable bonds is 8. The zero-order chi connectivity index (χ0) is 27.7. The fraction of sp³-hybridized carbons (Fsp3) is 0.179. The molecule has 0 spiro atoms. The number of thiazole rings is 1. The van der Waals surface area contributed by atoms with Crippen LogP contribution < -0.4 is 9.64 Å². The van der Waals surface area contributed by atoms with Gasteiger partial charge in [0.25, 0.3) is 11.5 Å². The Morgan fingerprint density at radius 3 is 2.72 bits per heavy atom. The van der Waals surface area contributed by atoms with E-state index in [4.69, 9.17) is 4.74 Å². The second-order valence-corrected chi connectivity index (χ2v) is 9.87. The monoisotopic (exact) mass is 547 g/mol. The number of nitro benzene ring substituents is 1. The molecule has 1 saturated heterocycles. The first kappa shape index (κ1) is 26.0. The highest BCUT2D eigenvalue weighted by molar-refractivity contribution is 7.22. The van der Waals surface area contributed by atoms with Crippen molar-refractivity contribution in [3.8, 4) is 5.75 Å². The zero-order valence-electron chi connectivity index (χ0n) is 20.7. The molecule has 1 atom stereocenters. The van der Waals surface area contributed by atoms with Gasteiger partial charge in [0, 0.05) is 17.7 Å². The Hall–Kier alpha value is -4.64. The van der Waals surface area contributed by atoms with Gasteiger partial charge in [0.1, 0.15) is 17.3 Å². The molecule has 5 rings (SSSR count). The number of anilines is 1. The fourth-order valence-corrected chi connectivity index (χ4v) is 5.38. The molecule has 198 valence electrons. The van der Waals surface area contributed by atoms with Gasteiger partial charge in [-0.2, -0.15) is 0 Å². The van der Waals surface area contributed by atoms with Crippen molar-refractivity contribution in [1.29, 1.82) is 0 Å². The number of aromatic nitrogens is 1. The van der Waals surface area contributed by atoms with E-state index in [1.165, 1.54) is 42.5 Å². The van der Waals surface area contributed by atoms with Gasteiger partial charge in [0.2, 0.25) is 0 Å². The SMILES string of the molecule is CCCCOc1cccc(/C(O)=C2\C(=O)C(=O)N(c3nc4ccc(F)cc4s3)C2c2cccc([N+](=O)[O-])c2)c1. The highest BCUT2D eigenvalue weighted by Gasteiger charge is 2.48. The van der Waals surface area contributed by atoms with E-state index in [0.29, 0.717) is 22.6 Å². The first-order valence-corrected chi connectivity index (χ1v) is 12.9. The molecule has 0 saturated carbocycles. The number of halogens is 1. The number of fused-ring (bicyclic) bond motifs is 1. The number of nitrogens with zero attached hydrogens (tertiary/aromatic N) is 3. The van der Waals surface area contributed by atoms with E-state index in [2.05, 4.69) is 4.98 Å². The molecule has 11 heteroatoms. The van der Waals surface area contributed by atoms with Gasteiger partial charge >= 0.3 is 5.91 Å². The van der Waals surface area contributed by atoms with Crippen molar-refractivity contribution in [3.63, 3.8) is 0 Å². The molecule has 4 aromatic rings. The summed E-state index contributed by atoms with van der Waals surface area (Å²) in [5.41, 5.74) is 0.370. The van der Waals surface area contributed by atoms with Crippen molar-refractivity contribution in [2.75, 3.05) is 11.5 Å². The van der Waals surface area contributed by atoms with Crippen LogP contribution in [0.4, 0.5) is 15.2 Å². The normalized spacial score (nSPS) is 16.7. The summed E-state index contributed by atoms with van der Waals surface area (Å²) < 4.78 is 20.0. The average Bonchev–Trinajstić information content (AvgIpc) is 3.46. The number of ether oxygens (including phenoxy) is 1. The largest absolute Gasteiger partial charge is 0.507 e. The molecule has 9 nitrogen and oxygen atoms in total. The lowest BCUT2D eigenvalue weighted by Gasteiger charge is -2.22. The summed E-state index contributed by atoms with van der Waals surface area (Å²) >= 11 is 0.990. The van der Waals surface area contributed by atoms with Gasteiger partial charge in [-0.1, -0.05) is 48.9 Å². The van der Waals surface area contributed by atoms with Crippen LogP contribution in [0.5, 0.6) is 5.75 Å². The van der Waals surface area contributed by atoms with Gasteiger partial charge in [0.15, 0.2) is 5.13 Å². The van der Waals surface area contributed by atoms with Gasteiger partial charge < -0.3 is 9.84 Å². The van der Waals surface area contributed by atoms with Crippen LogP contribution in [0.3, 0.4) is 0 Å². The summed E-state index contributed by atoms with van der Waals surface area (Å²) in [5, 5.41) is 23.0. The van der Waals surface area contributed by atoms with Gasteiger partial charge in [-0.25, -0.2) is 9.37 Å². The number of aliphatic hydroxyl groups excluding tert-OH is 1. The quantitative estimate of drug-likeness (QED) is 0.0701. The van der Waals surface area contributed by atoms with Crippen molar-refractivity contribution in [2.45, 2.75) is 25.8 Å². The first-order valence-electron chi connectivity index (χ1n) is 12.1. The zero-order valence-corrected chi connectivity index (χ0v) is 21.5. The second kappa shape index (κ2) is 10.6. The Morgan fingerprint density at radius 1 is 1.15 bits per heavy atom. The number of carbonyl (C=O) groups excluding carboxylic acids is 2. The van der Waals surface area contributed by atoms with E-state index in [-0.39, 0.29) is 27.5 Å². The third-order valence-electron chi connectivity index (χ3n) is 6.26. The Labute approximate surface area is 225 Å². The van der Waals surface area contributed by atoms with Crippen LogP contribution in [0, 0.1) is 15.9 Å². The van der Waals surface area contributed by atoms with Crippen LogP contribution in [0.2, 0.25) is 0 Å². The van der Waals surface area contributed by atoms with Crippen LogP contribution in [0.15, 0.2) is 72.3 Å². The Kier molecular flexibility index (Phi) is 7.07. The minimum atomic E-state index is -1.22. The van der Waals surface area contributed by atoms with Crippen molar-refractivity contribution in [3.05, 3.63) is 99.4 Å². The van der Waals surface area contributed by atoms with Crippen LogP contribution in [-0.4, -0.2) is 33.3 Å². The number of benzene rings is 3. The maximum absolute atomic E-state index is 13.8. The predicted molar refractivity (Wildman–Crippen MR) is 144 cm³/mol. The number of nitro groups is 1. The summed E-state index contributed by atoms with van der Waals surface area (Å²) in [7, 11) is 0. The molecular weight excluding hydrogens is 525 g/mol. The summed E-state index contributed by atoms with van der Waals surface area (Å²) in [6, 6.07) is 14.7. The van der Waals surface area contributed by atoms with Crippen molar-refractivity contribution >= 4 is 49.8 Å². The van der Waals surface area contributed by atoms with Crippen LogP contribution in [-0.2, 0) is 9.59 Å². The third-order valence-corrected chi connectivity index (χ3v) is 7.28. The van der Waals surface area contributed by atoms with E-state index in [1.54, 1.807) is 24.3 Å². The molecule has 0 bridgehead atoms. The van der Waals surface area contributed by atoms with Gasteiger partial charge in [0.05, 0.1) is 33.4 Å². The molecular formula is C28H22FN3O6S. The minimum absolute atomic E-state index is 0.0879. The summed E-state index contributed by atoms with van der Waals surface area (Å²) in [6.45, 7) is 2.50. The number of Topliss-reactive ketones (excluding diaryl/α,β-unsaturated/α-hetero) is 1. The Morgan fingerprint density at radius 2 is 1.95 bits per heavy atom. The Bertz CT molecular complexity index is 1650. The van der Waals surface area contributed by atoms with E-state index >= 15 is 0 Å². The number of unbranched alkanes of at least 4 members (excludes halogenated alkanes) is 1. The lowest BCUT2D eigenvalue weighted by atomic mass is 9.95. The van der Waals surface area contributed by atoms with Crippen LogP contribution >= 0.6 is 11.3 Å². The van der Waals surface area contributed by atoms with E-state index in [0.717, 1.165) is 29.1 Å². The van der Waals surface area contributed by atoms with Gasteiger partial charge in [-0.15, -0.1) is 0 Å². The summed E-state index contributed by atoms with van der Waals surface area (Å²) in [4.78, 5) is 43.3. The summed E-state index contributed by atoms with van der Waals surface area (Å²) in [6.07, 6.45) is 1.77. The molecule has 1 aliphatic heterocycles. The molecule has 39 heavy (non-hydrogen) atoms. The molecule has 1 N–H and O–H groups in total. The van der Waals surface area contributed by atoms with E-state index < -0.39 is 34.2 Å². The van der Waals surface area contributed by atoms with Crippen molar-refractivity contribution in [2.24, 2.45) is 0 Å². The number of non-ortho nitro benzene ring substituents is 1. The molecule has 2 heterocycles. The maximum atomic E-state index is 13.8. The second-order valence-electron chi connectivity index (χ2n) is 8.86. The van der Waals surface area contributed by atoms with Crippen LogP contribution in [0.25, 0.3) is 16.0 Å². The molecule has 3 aromatic carbocycles. The number of ketones is 1. The number of aliphatic hydroxyl groups is 1. The summed E-state index contributed by atoms with van der Waals surface area (Å²) in [5.74, 6) is -2.42. The highest BCUT2D eigenvalue weighted by atomic mass is 32.1. The van der Waals surface area contributed by atoms with E-state index in [1.807, 2.05) is 6.92 Å².